The molecule has 8 heteroatoms. The molecule has 34 heavy (non-hydrogen) atoms. The lowest BCUT2D eigenvalue weighted by atomic mass is 10.1. The van der Waals surface area contributed by atoms with Gasteiger partial charge in [-0.15, -0.1) is 0 Å². The third-order valence-electron chi connectivity index (χ3n) is 6.01. The number of carbonyl (C=O) groups excluding carboxylic acids is 2. The van der Waals surface area contributed by atoms with Crippen molar-refractivity contribution >= 4 is 40.6 Å². The van der Waals surface area contributed by atoms with Crippen molar-refractivity contribution in [2.24, 2.45) is 5.92 Å². The van der Waals surface area contributed by atoms with Gasteiger partial charge in [-0.2, -0.15) is 4.98 Å². The molecule has 0 radical (unpaired) electrons. The Labute approximate surface area is 200 Å². The maximum atomic E-state index is 12.8. The van der Waals surface area contributed by atoms with Gasteiger partial charge in [-0.05, 0) is 68.3 Å². The molecule has 1 fully saturated rings. The van der Waals surface area contributed by atoms with Gasteiger partial charge in [-0.3, -0.25) is 9.59 Å². The van der Waals surface area contributed by atoms with E-state index in [1.54, 1.807) is 4.90 Å². The second-order valence-corrected chi connectivity index (χ2v) is 8.95. The Balaban J connectivity index is 1.38. The fraction of sp³-hybridized carbons (Fsp3) is 0.308. The summed E-state index contributed by atoms with van der Waals surface area (Å²) in [5.74, 6) is 0.754. The highest BCUT2D eigenvalue weighted by Gasteiger charge is 2.35. The smallest absolute Gasteiger partial charge is 0.229 e. The summed E-state index contributed by atoms with van der Waals surface area (Å²) in [5.41, 5.74) is 5.49. The summed E-state index contributed by atoms with van der Waals surface area (Å²) >= 11 is 0. The second-order valence-electron chi connectivity index (χ2n) is 8.95. The molecule has 2 amide bonds. The molecule has 176 valence electrons. The van der Waals surface area contributed by atoms with Crippen molar-refractivity contribution < 1.29 is 9.59 Å². The highest BCUT2D eigenvalue weighted by atomic mass is 16.2. The van der Waals surface area contributed by atoms with Gasteiger partial charge in [0.05, 0.1) is 5.92 Å². The Morgan fingerprint density at radius 2 is 1.68 bits per heavy atom. The Kier molecular flexibility index (Phi) is 6.49. The van der Waals surface area contributed by atoms with Crippen molar-refractivity contribution in [2.45, 2.75) is 27.2 Å². The van der Waals surface area contributed by atoms with Crippen LogP contribution in [0, 0.1) is 26.7 Å². The Morgan fingerprint density at radius 3 is 2.35 bits per heavy atom. The number of amides is 2. The van der Waals surface area contributed by atoms with Crippen LogP contribution in [0.5, 0.6) is 0 Å². The molecule has 0 spiro atoms. The first-order chi connectivity index (χ1) is 16.2. The highest BCUT2D eigenvalue weighted by Crippen LogP contribution is 2.28. The van der Waals surface area contributed by atoms with E-state index in [2.05, 4.69) is 20.6 Å². The van der Waals surface area contributed by atoms with Crippen LogP contribution in [0.1, 0.15) is 23.2 Å². The lowest BCUT2D eigenvalue weighted by Crippen LogP contribution is -2.28. The molecule has 0 unspecified atom stereocenters. The Morgan fingerprint density at radius 1 is 0.971 bits per heavy atom. The standard InChI is InChI=1S/C26H30N6O2/c1-16-6-11-22(12-17(16)2)32-15-19(14-24(32)33)25(34)28-20-7-9-21(10-8-20)29-26-27-18(3)13-23(30-26)31(4)5/h6-13,19H,14-15H2,1-5H3,(H,28,34)(H,27,29,30)/t19-/m0/s1. The molecule has 8 nitrogen and oxygen atoms in total. The number of rotatable bonds is 6. The van der Waals surface area contributed by atoms with E-state index in [0.29, 0.717) is 18.2 Å². The van der Waals surface area contributed by atoms with Crippen molar-refractivity contribution in [3.8, 4) is 0 Å². The van der Waals surface area contributed by atoms with E-state index >= 15 is 0 Å². The van der Waals surface area contributed by atoms with Crippen molar-refractivity contribution in [3.05, 3.63) is 65.4 Å². The van der Waals surface area contributed by atoms with Gasteiger partial charge in [-0.25, -0.2) is 4.98 Å². The molecular weight excluding hydrogens is 428 g/mol. The summed E-state index contributed by atoms with van der Waals surface area (Å²) in [7, 11) is 3.87. The maximum Gasteiger partial charge on any atom is 0.229 e. The maximum absolute atomic E-state index is 12.8. The topological polar surface area (TPSA) is 90.5 Å². The van der Waals surface area contributed by atoms with Crippen LogP contribution in [0.2, 0.25) is 0 Å². The third-order valence-corrected chi connectivity index (χ3v) is 6.01. The van der Waals surface area contributed by atoms with Gasteiger partial charge in [0.15, 0.2) is 0 Å². The predicted octanol–water partition coefficient (Wildman–Crippen LogP) is 4.20. The zero-order valence-electron chi connectivity index (χ0n) is 20.2. The number of anilines is 5. The quantitative estimate of drug-likeness (QED) is 0.575. The van der Waals surface area contributed by atoms with Crippen LogP contribution in [0.15, 0.2) is 48.5 Å². The molecular formula is C26H30N6O2. The normalized spacial score (nSPS) is 15.4. The minimum absolute atomic E-state index is 0.0294. The first kappa shape index (κ1) is 23.2. The van der Waals surface area contributed by atoms with E-state index in [1.165, 1.54) is 5.56 Å². The van der Waals surface area contributed by atoms with E-state index in [9.17, 15) is 9.59 Å². The predicted molar refractivity (Wildman–Crippen MR) is 136 cm³/mol. The summed E-state index contributed by atoms with van der Waals surface area (Å²) in [4.78, 5) is 38.0. The zero-order valence-corrected chi connectivity index (χ0v) is 20.2. The second kappa shape index (κ2) is 9.51. The van der Waals surface area contributed by atoms with Gasteiger partial charge < -0.3 is 20.4 Å². The highest BCUT2D eigenvalue weighted by molar-refractivity contribution is 6.03. The van der Waals surface area contributed by atoms with Crippen molar-refractivity contribution in [2.75, 3.05) is 41.1 Å². The van der Waals surface area contributed by atoms with Crippen LogP contribution in [0.4, 0.5) is 28.8 Å². The first-order valence-electron chi connectivity index (χ1n) is 11.3. The van der Waals surface area contributed by atoms with E-state index < -0.39 is 5.92 Å². The SMILES string of the molecule is Cc1cc(N(C)C)nc(Nc2ccc(NC(=O)[C@H]3CC(=O)N(c4ccc(C)c(C)c4)C3)cc2)n1. The number of nitrogens with one attached hydrogen (secondary N) is 2. The molecule has 1 saturated heterocycles. The molecule has 0 saturated carbocycles. The largest absolute Gasteiger partial charge is 0.363 e. The summed E-state index contributed by atoms with van der Waals surface area (Å²) < 4.78 is 0. The van der Waals surface area contributed by atoms with E-state index in [4.69, 9.17) is 0 Å². The average Bonchev–Trinajstić information content (AvgIpc) is 3.18. The van der Waals surface area contributed by atoms with Crippen molar-refractivity contribution in [3.63, 3.8) is 0 Å². The molecule has 0 aliphatic carbocycles. The third kappa shape index (κ3) is 5.17. The molecule has 1 atom stereocenters. The van der Waals surface area contributed by atoms with Gasteiger partial charge in [0.1, 0.15) is 5.82 Å². The summed E-state index contributed by atoms with van der Waals surface area (Å²) in [6.07, 6.45) is 0.206. The van der Waals surface area contributed by atoms with Gasteiger partial charge in [0, 0.05) is 55.9 Å². The summed E-state index contributed by atoms with van der Waals surface area (Å²) in [5, 5.41) is 6.14. The minimum Gasteiger partial charge on any atom is -0.363 e. The molecule has 1 aliphatic rings. The summed E-state index contributed by atoms with van der Waals surface area (Å²) in [6, 6.07) is 15.2. The van der Waals surface area contributed by atoms with Crippen molar-refractivity contribution in [1.82, 2.24) is 9.97 Å². The molecule has 2 heterocycles. The number of hydrogen-bond donors (Lipinski definition) is 2. The number of aromatic nitrogens is 2. The number of nitrogens with zero attached hydrogens (tertiary/aromatic N) is 4. The molecule has 2 N–H and O–H groups in total. The number of aryl methyl sites for hydroxylation is 3. The lowest BCUT2D eigenvalue weighted by Gasteiger charge is -2.18. The van der Waals surface area contributed by atoms with Crippen LogP contribution in [-0.2, 0) is 9.59 Å². The first-order valence-corrected chi connectivity index (χ1v) is 11.3. The number of benzene rings is 2. The zero-order chi connectivity index (χ0) is 24.4. The molecule has 1 aliphatic heterocycles. The number of carbonyl (C=O) groups is 2. The fourth-order valence-corrected chi connectivity index (χ4v) is 3.87. The van der Waals surface area contributed by atoms with Gasteiger partial charge in [0.25, 0.3) is 0 Å². The number of hydrogen-bond acceptors (Lipinski definition) is 6. The Bertz CT molecular complexity index is 1220. The fourth-order valence-electron chi connectivity index (χ4n) is 3.87. The molecule has 4 rings (SSSR count). The lowest BCUT2D eigenvalue weighted by molar-refractivity contribution is -0.122. The Hall–Kier alpha value is -3.94. The van der Waals surface area contributed by atoms with Crippen LogP contribution >= 0.6 is 0 Å². The average molecular weight is 459 g/mol. The van der Waals surface area contributed by atoms with E-state index in [0.717, 1.165) is 28.5 Å². The molecule has 3 aromatic rings. The van der Waals surface area contributed by atoms with E-state index in [-0.39, 0.29) is 18.2 Å². The van der Waals surface area contributed by atoms with Crippen LogP contribution in [0.25, 0.3) is 0 Å². The minimum atomic E-state index is -0.392. The van der Waals surface area contributed by atoms with Crippen LogP contribution in [0.3, 0.4) is 0 Å². The van der Waals surface area contributed by atoms with Crippen molar-refractivity contribution in [1.29, 1.82) is 0 Å². The molecule has 2 aromatic carbocycles. The van der Waals surface area contributed by atoms with Gasteiger partial charge in [-0.1, -0.05) is 6.07 Å². The van der Waals surface area contributed by atoms with Crippen LogP contribution < -0.4 is 20.4 Å². The monoisotopic (exact) mass is 458 g/mol. The molecule has 1 aromatic heterocycles. The van der Waals surface area contributed by atoms with Gasteiger partial charge >= 0.3 is 0 Å². The van der Waals surface area contributed by atoms with Crippen LogP contribution in [-0.4, -0.2) is 42.4 Å². The summed E-state index contributed by atoms with van der Waals surface area (Å²) in [6.45, 7) is 6.37. The van der Waals surface area contributed by atoms with E-state index in [1.807, 2.05) is 88.3 Å². The molecule has 0 bridgehead atoms. The van der Waals surface area contributed by atoms with Gasteiger partial charge in [0.2, 0.25) is 17.8 Å².